The van der Waals surface area contributed by atoms with Gasteiger partial charge in [-0.2, -0.15) is 0 Å². The van der Waals surface area contributed by atoms with Crippen molar-refractivity contribution >= 4 is 77.1 Å². The summed E-state index contributed by atoms with van der Waals surface area (Å²) in [4.78, 5) is 2.37. The highest BCUT2D eigenvalue weighted by atomic mass is 16.3. The summed E-state index contributed by atoms with van der Waals surface area (Å²) in [7, 11) is 0. The minimum Gasteiger partial charge on any atom is -0.456 e. The van der Waals surface area contributed by atoms with Crippen LogP contribution >= 0.6 is 0 Å². The van der Waals surface area contributed by atoms with Crippen LogP contribution in [-0.2, 0) is 0 Å². The lowest BCUT2D eigenvalue weighted by atomic mass is 10.0. The van der Waals surface area contributed by atoms with Crippen molar-refractivity contribution in [2.45, 2.75) is 0 Å². The maximum Gasteiger partial charge on any atom is 0.135 e. The minimum absolute atomic E-state index is 0.911. The highest BCUT2D eigenvalue weighted by molar-refractivity contribution is 6.23. The molecule has 0 saturated heterocycles. The lowest BCUT2D eigenvalue weighted by Gasteiger charge is -2.26. The van der Waals surface area contributed by atoms with Crippen LogP contribution in [0.3, 0.4) is 0 Å². The van der Waals surface area contributed by atoms with Crippen LogP contribution in [0, 0.1) is 0 Å². The summed E-state index contributed by atoms with van der Waals surface area (Å²) < 4.78 is 8.54. The van der Waals surface area contributed by atoms with Crippen molar-refractivity contribution in [1.29, 1.82) is 0 Å². The summed E-state index contributed by atoms with van der Waals surface area (Å²) >= 11 is 0. The van der Waals surface area contributed by atoms with E-state index in [2.05, 4.69) is 179 Å². The zero-order chi connectivity index (χ0) is 33.5. The summed E-state index contributed by atoms with van der Waals surface area (Å²) in [6.45, 7) is 0. The molecule has 8 aromatic carbocycles. The SMILES string of the molecule is c1ccc(-c2ccc(N(c3ccc(-c4ccc5oc6ccccc6c5c4)cc3)c3ccc4c(c3)c3cccc5c6ccccc6n4c53)cc2)cc1. The first kappa shape index (κ1) is 28.0. The second kappa shape index (κ2) is 10.8. The first-order valence-electron chi connectivity index (χ1n) is 17.4. The Balaban J connectivity index is 1.06. The van der Waals surface area contributed by atoms with Crippen LogP contribution < -0.4 is 4.90 Å². The van der Waals surface area contributed by atoms with Gasteiger partial charge in [-0.05, 0) is 89.0 Å². The van der Waals surface area contributed by atoms with E-state index in [1.54, 1.807) is 0 Å². The van der Waals surface area contributed by atoms with Crippen LogP contribution in [0.2, 0.25) is 0 Å². The number of aromatic nitrogens is 1. The molecule has 0 amide bonds. The van der Waals surface area contributed by atoms with E-state index in [1.165, 1.54) is 54.8 Å². The number of furan rings is 1. The van der Waals surface area contributed by atoms with E-state index in [-0.39, 0.29) is 0 Å². The van der Waals surface area contributed by atoms with Crippen molar-refractivity contribution in [2.24, 2.45) is 0 Å². The quantitative estimate of drug-likeness (QED) is 0.185. The maximum atomic E-state index is 6.11. The van der Waals surface area contributed by atoms with E-state index in [4.69, 9.17) is 4.42 Å². The Morgan fingerprint density at radius 2 is 0.882 bits per heavy atom. The third-order valence-corrected chi connectivity index (χ3v) is 10.5. The second-order valence-electron chi connectivity index (χ2n) is 13.4. The molecule has 3 heterocycles. The fourth-order valence-corrected chi connectivity index (χ4v) is 8.15. The van der Waals surface area contributed by atoms with Crippen LogP contribution in [0.4, 0.5) is 17.1 Å². The van der Waals surface area contributed by atoms with Crippen molar-refractivity contribution in [3.05, 3.63) is 182 Å². The summed E-state index contributed by atoms with van der Waals surface area (Å²) in [6.07, 6.45) is 0. The van der Waals surface area contributed by atoms with Crippen LogP contribution in [-0.4, -0.2) is 4.40 Å². The Labute approximate surface area is 294 Å². The van der Waals surface area contributed by atoms with Gasteiger partial charge in [0.25, 0.3) is 0 Å². The first-order chi connectivity index (χ1) is 25.3. The monoisotopic (exact) mass is 650 g/mol. The zero-order valence-corrected chi connectivity index (χ0v) is 27.6. The molecule has 0 spiro atoms. The summed E-state index contributed by atoms with van der Waals surface area (Å²) in [5, 5.41) is 7.40. The predicted octanol–water partition coefficient (Wildman–Crippen LogP) is 13.5. The molecule has 238 valence electrons. The zero-order valence-electron chi connectivity index (χ0n) is 27.6. The van der Waals surface area contributed by atoms with Gasteiger partial charge in [0.2, 0.25) is 0 Å². The maximum absolute atomic E-state index is 6.11. The molecule has 0 fully saturated rings. The van der Waals surface area contributed by atoms with Crippen LogP contribution in [0.1, 0.15) is 0 Å². The molecule has 11 aromatic rings. The van der Waals surface area contributed by atoms with Gasteiger partial charge in [-0.25, -0.2) is 0 Å². The van der Waals surface area contributed by atoms with Crippen molar-refractivity contribution in [1.82, 2.24) is 4.40 Å². The van der Waals surface area contributed by atoms with Crippen LogP contribution in [0.5, 0.6) is 0 Å². The lowest BCUT2D eigenvalue weighted by Crippen LogP contribution is -2.09. The highest BCUT2D eigenvalue weighted by Crippen LogP contribution is 2.43. The van der Waals surface area contributed by atoms with Gasteiger partial charge in [0.05, 0.1) is 16.6 Å². The lowest BCUT2D eigenvalue weighted by molar-refractivity contribution is 0.669. The largest absolute Gasteiger partial charge is 0.456 e. The Morgan fingerprint density at radius 1 is 0.333 bits per heavy atom. The molecule has 0 unspecified atom stereocenters. The number of hydrogen-bond donors (Lipinski definition) is 0. The predicted molar refractivity (Wildman–Crippen MR) is 214 cm³/mol. The van der Waals surface area contributed by atoms with Crippen molar-refractivity contribution in [3.63, 3.8) is 0 Å². The van der Waals surface area contributed by atoms with Crippen molar-refractivity contribution < 1.29 is 4.42 Å². The van der Waals surface area contributed by atoms with Gasteiger partial charge in [0, 0.05) is 49.4 Å². The molecule has 3 nitrogen and oxygen atoms in total. The fraction of sp³-hybridized carbons (Fsp3) is 0. The van der Waals surface area contributed by atoms with E-state index >= 15 is 0 Å². The molecular weight excluding hydrogens is 621 g/mol. The Morgan fingerprint density at radius 3 is 1.67 bits per heavy atom. The average Bonchev–Trinajstić information content (AvgIpc) is 3.86. The Bertz CT molecular complexity index is 3060. The molecule has 11 rings (SSSR count). The van der Waals surface area contributed by atoms with Gasteiger partial charge in [0.1, 0.15) is 11.2 Å². The molecule has 3 heteroatoms. The number of nitrogens with zero attached hydrogens (tertiary/aromatic N) is 2. The molecule has 0 atom stereocenters. The molecule has 0 aliphatic rings. The highest BCUT2D eigenvalue weighted by Gasteiger charge is 2.20. The average molecular weight is 651 g/mol. The third kappa shape index (κ3) is 4.25. The van der Waals surface area contributed by atoms with Gasteiger partial charge < -0.3 is 13.7 Å². The van der Waals surface area contributed by atoms with Gasteiger partial charge in [-0.1, -0.05) is 115 Å². The van der Waals surface area contributed by atoms with Gasteiger partial charge in [-0.3, -0.25) is 0 Å². The second-order valence-corrected chi connectivity index (χ2v) is 13.4. The number of para-hydroxylation sites is 3. The van der Waals surface area contributed by atoms with Crippen molar-refractivity contribution in [3.8, 4) is 22.3 Å². The normalized spacial score (nSPS) is 11.9. The number of benzene rings is 8. The van der Waals surface area contributed by atoms with E-state index in [1.807, 2.05) is 12.1 Å². The number of rotatable bonds is 5. The minimum atomic E-state index is 0.911. The number of fused-ring (bicyclic) bond motifs is 9. The molecule has 0 radical (unpaired) electrons. The summed E-state index contributed by atoms with van der Waals surface area (Å²) in [6, 6.07) is 65.5. The number of anilines is 3. The molecule has 3 aromatic heterocycles. The molecular formula is C48H30N2O. The number of hydrogen-bond acceptors (Lipinski definition) is 2. The van der Waals surface area contributed by atoms with Crippen molar-refractivity contribution in [2.75, 3.05) is 4.90 Å². The molecule has 0 aliphatic carbocycles. The van der Waals surface area contributed by atoms with E-state index in [0.717, 1.165) is 44.6 Å². The van der Waals surface area contributed by atoms with E-state index in [0.29, 0.717) is 0 Å². The van der Waals surface area contributed by atoms with Crippen LogP contribution in [0.15, 0.2) is 186 Å². The molecule has 0 aliphatic heterocycles. The molecule has 0 N–H and O–H groups in total. The Hall–Kier alpha value is -6.84. The summed E-state index contributed by atoms with van der Waals surface area (Å²) in [5.74, 6) is 0. The topological polar surface area (TPSA) is 20.8 Å². The Kier molecular flexibility index (Phi) is 5.96. The van der Waals surface area contributed by atoms with E-state index < -0.39 is 0 Å². The molecule has 0 bridgehead atoms. The molecule has 51 heavy (non-hydrogen) atoms. The van der Waals surface area contributed by atoms with Crippen LogP contribution in [0.25, 0.3) is 82.3 Å². The van der Waals surface area contributed by atoms with E-state index in [9.17, 15) is 0 Å². The first-order valence-corrected chi connectivity index (χ1v) is 17.4. The smallest absolute Gasteiger partial charge is 0.135 e. The molecule has 0 saturated carbocycles. The van der Waals surface area contributed by atoms with Gasteiger partial charge >= 0.3 is 0 Å². The standard InChI is InChI=1S/C48H30N2O/c1-2-9-31(10-3-1)32-17-22-35(23-18-32)49(36-24-19-33(20-25-36)34-21-28-47-43(29-34)39-12-5-7-16-46(39)51-47)37-26-27-45-42(30-37)41-14-8-13-40-38-11-4-6-15-44(38)50(45)48(40)41/h1-30H. The van der Waals surface area contributed by atoms with Gasteiger partial charge in [0.15, 0.2) is 0 Å². The third-order valence-electron chi connectivity index (χ3n) is 10.5. The summed E-state index contributed by atoms with van der Waals surface area (Å²) in [5.41, 5.74) is 13.7. The van der Waals surface area contributed by atoms with Gasteiger partial charge in [-0.15, -0.1) is 0 Å². The fourth-order valence-electron chi connectivity index (χ4n) is 8.15.